The van der Waals surface area contributed by atoms with Gasteiger partial charge in [0.25, 0.3) is 0 Å². The lowest BCUT2D eigenvalue weighted by atomic mass is 9.94. The molecule has 2 heterocycles. The van der Waals surface area contributed by atoms with Crippen molar-refractivity contribution in [1.29, 1.82) is 0 Å². The zero-order chi connectivity index (χ0) is 16.1. The quantitative estimate of drug-likeness (QED) is 0.940. The first kappa shape index (κ1) is 15.7. The lowest BCUT2D eigenvalue weighted by Crippen LogP contribution is -2.41. The van der Waals surface area contributed by atoms with Gasteiger partial charge in [0.05, 0.1) is 5.92 Å². The standard InChI is InChI=1S/C19H23N3O/c1-15(16-9-11-20-12-10-16)22-13-5-6-17(14-22)19(23)21-18-7-3-2-4-8-18/h2-4,7-12,15,17H,5-6,13-14H2,1H3,(H,21,23)/t15-,17-/m1/s1. The first-order chi connectivity index (χ1) is 11.2. The zero-order valence-corrected chi connectivity index (χ0v) is 13.5. The van der Waals surface area contributed by atoms with E-state index in [1.54, 1.807) is 0 Å². The van der Waals surface area contributed by atoms with Gasteiger partial charge in [0.1, 0.15) is 0 Å². The van der Waals surface area contributed by atoms with Gasteiger partial charge >= 0.3 is 0 Å². The molecule has 1 aromatic carbocycles. The number of benzene rings is 1. The SMILES string of the molecule is C[C@H](c1ccncc1)N1CCC[C@@H](C(=O)Nc2ccccc2)C1. The minimum Gasteiger partial charge on any atom is -0.326 e. The molecule has 1 amide bonds. The van der Waals surface area contributed by atoms with Crippen molar-refractivity contribution in [2.45, 2.75) is 25.8 Å². The van der Waals surface area contributed by atoms with Crippen LogP contribution in [0.25, 0.3) is 0 Å². The third-order valence-electron chi connectivity index (χ3n) is 4.60. The molecule has 1 saturated heterocycles. The predicted octanol–water partition coefficient (Wildman–Crippen LogP) is 3.49. The van der Waals surface area contributed by atoms with E-state index in [1.807, 2.05) is 42.7 Å². The van der Waals surface area contributed by atoms with Crippen LogP contribution in [0.3, 0.4) is 0 Å². The average molecular weight is 309 g/mol. The summed E-state index contributed by atoms with van der Waals surface area (Å²) in [6.45, 7) is 4.05. The molecule has 2 aromatic rings. The van der Waals surface area contributed by atoms with Crippen molar-refractivity contribution in [2.24, 2.45) is 5.92 Å². The second-order valence-electron chi connectivity index (χ2n) is 6.15. The summed E-state index contributed by atoms with van der Waals surface area (Å²) >= 11 is 0. The van der Waals surface area contributed by atoms with E-state index in [4.69, 9.17) is 0 Å². The molecule has 1 fully saturated rings. The number of hydrogen-bond acceptors (Lipinski definition) is 3. The number of anilines is 1. The topological polar surface area (TPSA) is 45.2 Å². The van der Waals surface area contributed by atoms with Gasteiger partial charge in [-0.25, -0.2) is 0 Å². The molecule has 120 valence electrons. The Morgan fingerprint density at radius 1 is 1.22 bits per heavy atom. The highest BCUT2D eigenvalue weighted by molar-refractivity contribution is 5.92. The molecule has 2 atom stereocenters. The molecule has 3 rings (SSSR count). The molecule has 1 aliphatic heterocycles. The first-order valence-electron chi connectivity index (χ1n) is 8.24. The summed E-state index contributed by atoms with van der Waals surface area (Å²) in [7, 11) is 0. The van der Waals surface area contributed by atoms with Crippen molar-refractivity contribution < 1.29 is 4.79 Å². The summed E-state index contributed by atoms with van der Waals surface area (Å²) in [6, 6.07) is 14.1. The van der Waals surface area contributed by atoms with Crippen molar-refractivity contribution in [3.63, 3.8) is 0 Å². The van der Waals surface area contributed by atoms with Crippen LogP contribution in [-0.2, 0) is 4.79 Å². The molecular weight excluding hydrogens is 286 g/mol. The number of carbonyl (C=O) groups is 1. The first-order valence-corrected chi connectivity index (χ1v) is 8.24. The minimum atomic E-state index is 0.0493. The van der Waals surface area contributed by atoms with Gasteiger partial charge in [0.2, 0.25) is 5.91 Å². The van der Waals surface area contributed by atoms with Gasteiger partial charge in [-0.15, -0.1) is 0 Å². The van der Waals surface area contributed by atoms with Gasteiger partial charge in [0.15, 0.2) is 0 Å². The minimum absolute atomic E-state index is 0.0493. The molecule has 0 spiro atoms. The van der Waals surface area contributed by atoms with Crippen LogP contribution < -0.4 is 5.32 Å². The Bertz CT molecular complexity index is 630. The Labute approximate surface area is 137 Å². The molecule has 1 N–H and O–H groups in total. The largest absolute Gasteiger partial charge is 0.326 e. The predicted molar refractivity (Wildman–Crippen MR) is 92.0 cm³/mol. The summed E-state index contributed by atoms with van der Waals surface area (Å²) in [5.74, 6) is 0.177. The summed E-state index contributed by atoms with van der Waals surface area (Å²) in [4.78, 5) is 19.0. The fourth-order valence-corrected chi connectivity index (χ4v) is 3.19. The Morgan fingerprint density at radius 2 is 1.96 bits per heavy atom. The number of nitrogens with zero attached hydrogens (tertiary/aromatic N) is 2. The van der Waals surface area contributed by atoms with Crippen molar-refractivity contribution >= 4 is 11.6 Å². The third kappa shape index (κ3) is 3.96. The molecule has 4 heteroatoms. The molecule has 0 bridgehead atoms. The molecule has 1 aliphatic rings. The molecular formula is C19H23N3O. The van der Waals surface area contributed by atoms with Crippen molar-refractivity contribution in [1.82, 2.24) is 9.88 Å². The van der Waals surface area contributed by atoms with Crippen LogP contribution in [0.5, 0.6) is 0 Å². The summed E-state index contributed by atoms with van der Waals surface area (Å²) < 4.78 is 0. The zero-order valence-electron chi connectivity index (χ0n) is 13.5. The number of pyridine rings is 1. The Hall–Kier alpha value is -2.20. The number of hydrogen-bond donors (Lipinski definition) is 1. The third-order valence-corrected chi connectivity index (χ3v) is 4.60. The molecule has 4 nitrogen and oxygen atoms in total. The highest BCUT2D eigenvalue weighted by atomic mass is 16.1. The van der Waals surface area contributed by atoms with Crippen molar-refractivity contribution in [3.8, 4) is 0 Å². The number of para-hydroxylation sites is 1. The Balaban J connectivity index is 1.63. The highest BCUT2D eigenvalue weighted by Crippen LogP contribution is 2.27. The smallest absolute Gasteiger partial charge is 0.228 e. The number of nitrogens with one attached hydrogen (secondary N) is 1. The molecule has 1 aromatic heterocycles. The number of amides is 1. The van der Waals surface area contributed by atoms with Gasteiger partial charge in [0, 0.05) is 30.7 Å². The van der Waals surface area contributed by atoms with Crippen LogP contribution in [0.2, 0.25) is 0 Å². The average Bonchev–Trinajstić information content (AvgIpc) is 2.63. The Kier molecular flexibility index (Phi) is 5.03. The Morgan fingerprint density at radius 3 is 2.70 bits per heavy atom. The molecule has 0 unspecified atom stereocenters. The van der Waals surface area contributed by atoms with Gasteiger partial charge < -0.3 is 5.32 Å². The van der Waals surface area contributed by atoms with E-state index < -0.39 is 0 Å². The van der Waals surface area contributed by atoms with Crippen LogP contribution in [0.15, 0.2) is 54.9 Å². The van der Waals surface area contributed by atoms with Gasteiger partial charge in [-0.1, -0.05) is 18.2 Å². The van der Waals surface area contributed by atoms with Gasteiger partial charge in [-0.2, -0.15) is 0 Å². The summed E-state index contributed by atoms with van der Waals surface area (Å²) in [5.41, 5.74) is 2.13. The second-order valence-corrected chi connectivity index (χ2v) is 6.15. The van der Waals surface area contributed by atoms with E-state index >= 15 is 0 Å². The molecule has 0 radical (unpaired) electrons. The monoisotopic (exact) mass is 309 g/mol. The van der Waals surface area contributed by atoms with E-state index in [2.05, 4.69) is 34.3 Å². The van der Waals surface area contributed by atoms with Crippen LogP contribution in [0, 0.1) is 5.92 Å². The van der Waals surface area contributed by atoms with Crippen molar-refractivity contribution in [2.75, 3.05) is 18.4 Å². The van der Waals surface area contributed by atoms with E-state index in [-0.39, 0.29) is 11.8 Å². The molecule has 0 aliphatic carbocycles. The molecule has 0 saturated carbocycles. The van der Waals surface area contributed by atoms with Crippen LogP contribution in [0.4, 0.5) is 5.69 Å². The number of carbonyl (C=O) groups excluding carboxylic acids is 1. The van der Waals surface area contributed by atoms with Crippen LogP contribution in [0.1, 0.15) is 31.4 Å². The van der Waals surface area contributed by atoms with E-state index in [0.717, 1.165) is 31.6 Å². The lowest BCUT2D eigenvalue weighted by molar-refractivity contribution is -0.121. The highest BCUT2D eigenvalue weighted by Gasteiger charge is 2.28. The van der Waals surface area contributed by atoms with Crippen molar-refractivity contribution in [3.05, 3.63) is 60.4 Å². The van der Waals surface area contributed by atoms with E-state index in [1.165, 1.54) is 5.56 Å². The van der Waals surface area contributed by atoms with Crippen LogP contribution in [-0.4, -0.2) is 28.9 Å². The maximum absolute atomic E-state index is 12.5. The maximum atomic E-state index is 12.5. The van der Waals surface area contributed by atoms with E-state index in [0.29, 0.717) is 6.04 Å². The fourth-order valence-electron chi connectivity index (χ4n) is 3.19. The summed E-state index contributed by atoms with van der Waals surface area (Å²) in [6.07, 6.45) is 5.67. The van der Waals surface area contributed by atoms with E-state index in [9.17, 15) is 4.79 Å². The normalized spacial score (nSPS) is 20.0. The number of piperidine rings is 1. The summed E-state index contributed by atoms with van der Waals surface area (Å²) in [5, 5.41) is 3.04. The van der Waals surface area contributed by atoms with Gasteiger partial charge in [-0.3, -0.25) is 14.7 Å². The number of likely N-dealkylation sites (tertiary alicyclic amines) is 1. The fraction of sp³-hybridized carbons (Fsp3) is 0.368. The number of rotatable bonds is 4. The number of aromatic nitrogens is 1. The maximum Gasteiger partial charge on any atom is 0.228 e. The molecule has 23 heavy (non-hydrogen) atoms. The van der Waals surface area contributed by atoms with Crippen LogP contribution >= 0.6 is 0 Å². The lowest BCUT2D eigenvalue weighted by Gasteiger charge is -2.36. The second kappa shape index (κ2) is 7.38. The van der Waals surface area contributed by atoms with Gasteiger partial charge in [-0.05, 0) is 56.1 Å².